The highest BCUT2D eigenvalue weighted by Gasteiger charge is 2.12. The summed E-state index contributed by atoms with van der Waals surface area (Å²) >= 11 is 0. The second-order valence-corrected chi connectivity index (χ2v) is 7.31. The Morgan fingerprint density at radius 1 is 1.07 bits per heavy atom. The zero-order valence-electron chi connectivity index (χ0n) is 17.1. The molecule has 5 heteroatoms. The molecule has 1 aromatic heterocycles. The van der Waals surface area contributed by atoms with Crippen molar-refractivity contribution >= 4 is 27.7 Å². The van der Waals surface area contributed by atoms with Crippen molar-refractivity contribution in [1.82, 2.24) is 14.9 Å². The number of aromatic nitrogens is 2. The molecule has 4 aromatic rings. The number of carbonyl (C=O) groups is 1. The molecule has 0 unspecified atom stereocenters. The minimum atomic E-state index is -0.159. The number of aryl methyl sites for hydroxylation is 1. The van der Waals surface area contributed by atoms with Crippen LogP contribution in [0, 0.1) is 0 Å². The summed E-state index contributed by atoms with van der Waals surface area (Å²) in [5, 5.41) is 5.18. The molecule has 0 aliphatic rings. The van der Waals surface area contributed by atoms with Gasteiger partial charge in [-0.15, -0.1) is 0 Å². The molecule has 1 amide bonds. The molecule has 152 valence electrons. The lowest BCUT2D eigenvalue weighted by molar-refractivity contribution is -0.117. The lowest BCUT2D eigenvalue weighted by atomic mass is 10.1. The number of fused-ring (bicyclic) bond motifs is 2. The van der Waals surface area contributed by atoms with Crippen LogP contribution < -0.4 is 10.1 Å². The summed E-state index contributed by atoms with van der Waals surface area (Å²) in [4.78, 5) is 16.6. The summed E-state index contributed by atoms with van der Waals surface area (Å²) in [5.41, 5.74) is 2.47. The molecule has 30 heavy (non-hydrogen) atoms. The number of para-hydroxylation sites is 2. The number of imidazole rings is 1. The summed E-state index contributed by atoms with van der Waals surface area (Å²) in [6.45, 7) is 7.10. The van der Waals surface area contributed by atoms with Crippen LogP contribution in [0.5, 0.6) is 5.75 Å². The maximum atomic E-state index is 11.9. The van der Waals surface area contributed by atoms with E-state index >= 15 is 0 Å². The van der Waals surface area contributed by atoms with Crippen LogP contribution in [0.25, 0.3) is 21.8 Å². The van der Waals surface area contributed by atoms with Gasteiger partial charge in [0, 0.05) is 17.5 Å². The third-order valence-electron chi connectivity index (χ3n) is 5.06. The fourth-order valence-electron chi connectivity index (χ4n) is 3.55. The summed E-state index contributed by atoms with van der Waals surface area (Å²) in [6.07, 6.45) is 0.824. The number of nitrogens with one attached hydrogen (secondary N) is 1. The fourth-order valence-corrected chi connectivity index (χ4v) is 3.55. The van der Waals surface area contributed by atoms with Gasteiger partial charge in [-0.25, -0.2) is 4.98 Å². The number of nitrogens with zero attached hydrogens (tertiary/aromatic N) is 2. The molecule has 0 saturated carbocycles. The van der Waals surface area contributed by atoms with Gasteiger partial charge in [-0.1, -0.05) is 55.1 Å². The van der Waals surface area contributed by atoms with E-state index in [0.717, 1.165) is 41.0 Å². The maximum absolute atomic E-state index is 11.9. The van der Waals surface area contributed by atoms with Gasteiger partial charge in [0.2, 0.25) is 5.91 Å². The van der Waals surface area contributed by atoms with E-state index in [1.165, 1.54) is 5.39 Å². The van der Waals surface area contributed by atoms with E-state index in [0.29, 0.717) is 18.7 Å². The van der Waals surface area contributed by atoms with Crippen LogP contribution in [0.3, 0.4) is 0 Å². The van der Waals surface area contributed by atoms with Gasteiger partial charge in [0.15, 0.2) is 0 Å². The number of rotatable bonds is 8. The van der Waals surface area contributed by atoms with Gasteiger partial charge in [-0.05, 0) is 36.9 Å². The van der Waals surface area contributed by atoms with Crippen LogP contribution in [0.2, 0.25) is 0 Å². The second-order valence-electron chi connectivity index (χ2n) is 7.31. The third-order valence-corrected chi connectivity index (χ3v) is 5.06. The van der Waals surface area contributed by atoms with Gasteiger partial charge in [-0.2, -0.15) is 0 Å². The van der Waals surface area contributed by atoms with Gasteiger partial charge < -0.3 is 14.6 Å². The van der Waals surface area contributed by atoms with Crippen molar-refractivity contribution in [2.24, 2.45) is 0 Å². The molecule has 5 nitrogen and oxygen atoms in total. The minimum absolute atomic E-state index is 0.159. The van der Waals surface area contributed by atoms with Gasteiger partial charge >= 0.3 is 0 Å². The van der Waals surface area contributed by atoms with Crippen molar-refractivity contribution in [3.05, 3.63) is 84.7 Å². The number of carbonyl (C=O) groups excluding carboxylic acids is 1. The Morgan fingerprint density at radius 3 is 2.70 bits per heavy atom. The lowest BCUT2D eigenvalue weighted by Gasteiger charge is -2.12. The van der Waals surface area contributed by atoms with Crippen LogP contribution >= 0.6 is 0 Å². The summed E-state index contributed by atoms with van der Waals surface area (Å²) < 4.78 is 8.24. The molecule has 0 aliphatic heterocycles. The maximum Gasteiger partial charge on any atom is 0.246 e. The summed E-state index contributed by atoms with van der Waals surface area (Å²) in [6, 6.07) is 22.4. The Balaban J connectivity index is 1.45. The minimum Gasteiger partial charge on any atom is -0.493 e. The predicted octanol–water partition coefficient (Wildman–Crippen LogP) is 4.85. The fraction of sp³-hybridized carbons (Fsp3) is 0.200. The largest absolute Gasteiger partial charge is 0.493 e. The number of ether oxygens (including phenoxy) is 1. The molecule has 0 atom stereocenters. The first-order valence-electron chi connectivity index (χ1n) is 10.1. The topological polar surface area (TPSA) is 56.2 Å². The Kier molecular flexibility index (Phi) is 5.80. The van der Waals surface area contributed by atoms with E-state index in [2.05, 4.69) is 40.7 Å². The molecule has 0 radical (unpaired) electrons. The SMILES string of the molecule is C=C(C)C(=O)NCc1nc2ccccc2n1CCCOc1cccc2ccccc12. The molecule has 3 aromatic carbocycles. The molecule has 0 spiro atoms. The first kappa shape index (κ1) is 19.7. The van der Waals surface area contributed by atoms with Crippen molar-refractivity contribution in [2.45, 2.75) is 26.4 Å². The normalized spacial score (nSPS) is 11.0. The summed E-state index contributed by atoms with van der Waals surface area (Å²) in [7, 11) is 0. The molecule has 4 rings (SSSR count). The monoisotopic (exact) mass is 399 g/mol. The molecule has 0 saturated heterocycles. The molecule has 0 aliphatic carbocycles. The standard InChI is InChI=1S/C25H25N3O2/c1-18(2)25(29)26-17-24-27-21-12-5-6-13-22(21)28(24)15-8-16-30-23-14-7-10-19-9-3-4-11-20(19)23/h3-7,9-14H,1,8,15-17H2,2H3,(H,26,29). The molecular formula is C25H25N3O2. The van der Waals surface area contributed by atoms with E-state index in [9.17, 15) is 4.79 Å². The number of hydrogen-bond acceptors (Lipinski definition) is 3. The molecule has 1 N–H and O–H groups in total. The van der Waals surface area contributed by atoms with Crippen LogP contribution in [-0.4, -0.2) is 22.1 Å². The van der Waals surface area contributed by atoms with E-state index < -0.39 is 0 Å². The number of benzene rings is 3. The second kappa shape index (κ2) is 8.82. The van der Waals surface area contributed by atoms with Crippen LogP contribution in [0.15, 0.2) is 78.9 Å². The number of hydrogen-bond donors (Lipinski definition) is 1. The average molecular weight is 399 g/mol. The van der Waals surface area contributed by atoms with E-state index in [1.54, 1.807) is 6.92 Å². The third kappa shape index (κ3) is 4.20. The molecule has 0 bridgehead atoms. The Labute approximate surface area is 176 Å². The van der Waals surface area contributed by atoms with E-state index in [1.807, 2.05) is 42.5 Å². The van der Waals surface area contributed by atoms with Crippen molar-refractivity contribution in [3.8, 4) is 5.75 Å². The van der Waals surface area contributed by atoms with Crippen molar-refractivity contribution < 1.29 is 9.53 Å². The van der Waals surface area contributed by atoms with Crippen LogP contribution in [-0.2, 0) is 17.9 Å². The lowest BCUT2D eigenvalue weighted by Crippen LogP contribution is -2.25. The highest BCUT2D eigenvalue weighted by atomic mass is 16.5. The first-order chi connectivity index (χ1) is 14.6. The highest BCUT2D eigenvalue weighted by molar-refractivity contribution is 5.92. The van der Waals surface area contributed by atoms with Crippen LogP contribution in [0.1, 0.15) is 19.2 Å². The Morgan fingerprint density at radius 2 is 1.83 bits per heavy atom. The van der Waals surface area contributed by atoms with Gasteiger partial charge in [-0.3, -0.25) is 4.79 Å². The van der Waals surface area contributed by atoms with Gasteiger partial charge in [0.1, 0.15) is 11.6 Å². The Bertz CT molecular complexity index is 1200. The van der Waals surface area contributed by atoms with Crippen molar-refractivity contribution in [2.75, 3.05) is 6.61 Å². The smallest absolute Gasteiger partial charge is 0.246 e. The highest BCUT2D eigenvalue weighted by Crippen LogP contribution is 2.25. The quantitative estimate of drug-likeness (QED) is 0.340. The van der Waals surface area contributed by atoms with Crippen LogP contribution in [0.4, 0.5) is 0 Å². The first-order valence-corrected chi connectivity index (χ1v) is 10.1. The molecular weight excluding hydrogens is 374 g/mol. The zero-order valence-corrected chi connectivity index (χ0v) is 17.1. The zero-order chi connectivity index (χ0) is 20.9. The van der Waals surface area contributed by atoms with Gasteiger partial charge in [0.25, 0.3) is 0 Å². The predicted molar refractivity (Wildman–Crippen MR) is 120 cm³/mol. The molecule has 1 heterocycles. The molecule has 0 fully saturated rings. The average Bonchev–Trinajstić information content (AvgIpc) is 3.12. The summed E-state index contributed by atoms with van der Waals surface area (Å²) in [5.74, 6) is 1.57. The van der Waals surface area contributed by atoms with Gasteiger partial charge in [0.05, 0.1) is 24.2 Å². The van der Waals surface area contributed by atoms with Crippen molar-refractivity contribution in [3.63, 3.8) is 0 Å². The van der Waals surface area contributed by atoms with E-state index in [-0.39, 0.29) is 5.91 Å². The Hall–Kier alpha value is -3.60. The number of amides is 1. The van der Waals surface area contributed by atoms with Crippen molar-refractivity contribution in [1.29, 1.82) is 0 Å². The van der Waals surface area contributed by atoms with E-state index in [4.69, 9.17) is 9.72 Å².